The van der Waals surface area contributed by atoms with Crippen molar-refractivity contribution >= 4 is 0 Å². The number of hydrogen-bond donors (Lipinski definition) is 1. The van der Waals surface area contributed by atoms with Crippen molar-refractivity contribution in [2.75, 3.05) is 6.61 Å². The zero-order valence-electron chi connectivity index (χ0n) is 9.45. The molecule has 0 radical (unpaired) electrons. The summed E-state index contributed by atoms with van der Waals surface area (Å²) in [5.41, 5.74) is 0. The van der Waals surface area contributed by atoms with E-state index in [1.807, 2.05) is 19.1 Å². The lowest BCUT2D eigenvalue weighted by Crippen LogP contribution is -2.36. The van der Waals surface area contributed by atoms with E-state index in [1.54, 1.807) is 0 Å². The summed E-state index contributed by atoms with van der Waals surface area (Å²) in [6.07, 6.45) is 2.74. The van der Waals surface area contributed by atoms with Gasteiger partial charge in [-0.15, -0.1) is 0 Å². The molecule has 2 unspecified atom stereocenters. The zero-order chi connectivity index (χ0) is 10.7. The Morgan fingerprint density at radius 2 is 2.40 bits per heavy atom. The summed E-state index contributed by atoms with van der Waals surface area (Å²) in [6, 6.07) is 4.41. The molecule has 2 atom stereocenters. The van der Waals surface area contributed by atoms with Gasteiger partial charge in [0.05, 0.1) is 12.6 Å². The fourth-order valence-corrected chi connectivity index (χ4v) is 1.97. The normalized spacial score (nSPS) is 23.2. The van der Waals surface area contributed by atoms with Gasteiger partial charge < -0.3 is 14.5 Å². The van der Waals surface area contributed by atoms with E-state index >= 15 is 0 Å². The second-order valence-electron chi connectivity index (χ2n) is 4.23. The van der Waals surface area contributed by atoms with Crippen molar-refractivity contribution in [3.8, 4) is 0 Å². The van der Waals surface area contributed by atoms with Crippen LogP contribution in [0, 0.1) is 6.92 Å². The summed E-state index contributed by atoms with van der Waals surface area (Å²) in [5, 5.41) is 3.44. The van der Waals surface area contributed by atoms with Crippen LogP contribution in [-0.2, 0) is 11.3 Å². The maximum Gasteiger partial charge on any atom is 0.117 e. The molecule has 0 aliphatic carbocycles. The van der Waals surface area contributed by atoms with Gasteiger partial charge >= 0.3 is 0 Å². The van der Waals surface area contributed by atoms with Gasteiger partial charge in [-0.25, -0.2) is 0 Å². The number of rotatable bonds is 4. The van der Waals surface area contributed by atoms with Gasteiger partial charge in [0, 0.05) is 12.6 Å². The lowest BCUT2D eigenvalue weighted by molar-refractivity contribution is 0.0826. The van der Waals surface area contributed by atoms with Crippen molar-refractivity contribution in [3.63, 3.8) is 0 Å². The van der Waals surface area contributed by atoms with Gasteiger partial charge in [0.15, 0.2) is 0 Å². The summed E-state index contributed by atoms with van der Waals surface area (Å²) in [5.74, 6) is 1.97. The lowest BCUT2D eigenvalue weighted by atomic mass is 10.1. The topological polar surface area (TPSA) is 34.4 Å². The third-order valence-electron chi connectivity index (χ3n) is 2.92. The first kappa shape index (κ1) is 10.7. The van der Waals surface area contributed by atoms with Crippen molar-refractivity contribution in [1.82, 2.24) is 5.32 Å². The maximum atomic E-state index is 5.62. The molecule has 1 aromatic heterocycles. The lowest BCUT2D eigenvalue weighted by Gasteiger charge is -2.19. The minimum atomic E-state index is 0.376. The second kappa shape index (κ2) is 4.81. The van der Waals surface area contributed by atoms with Crippen molar-refractivity contribution < 1.29 is 9.15 Å². The number of nitrogens with one attached hydrogen (secondary N) is 1. The van der Waals surface area contributed by atoms with Crippen LogP contribution >= 0.6 is 0 Å². The molecule has 1 aliphatic heterocycles. The molecular weight excluding hydrogens is 190 g/mol. The predicted molar refractivity (Wildman–Crippen MR) is 58.7 cm³/mol. The van der Waals surface area contributed by atoms with Crippen LogP contribution in [-0.4, -0.2) is 18.8 Å². The van der Waals surface area contributed by atoms with Gasteiger partial charge in [0.25, 0.3) is 0 Å². The Bertz CT molecular complexity index is 302. The predicted octanol–water partition coefficient (Wildman–Crippen LogP) is 2.25. The Balaban J connectivity index is 1.77. The van der Waals surface area contributed by atoms with Gasteiger partial charge in [0.1, 0.15) is 11.5 Å². The quantitative estimate of drug-likeness (QED) is 0.826. The van der Waals surface area contributed by atoms with Crippen molar-refractivity contribution in [2.24, 2.45) is 0 Å². The number of aryl methyl sites for hydroxylation is 1. The van der Waals surface area contributed by atoms with Crippen molar-refractivity contribution in [1.29, 1.82) is 0 Å². The summed E-state index contributed by atoms with van der Waals surface area (Å²) in [7, 11) is 0. The maximum absolute atomic E-state index is 5.62. The number of furan rings is 1. The Labute approximate surface area is 90.8 Å². The van der Waals surface area contributed by atoms with Crippen LogP contribution in [0.4, 0.5) is 0 Å². The summed E-state index contributed by atoms with van der Waals surface area (Å²) in [6.45, 7) is 5.84. The van der Waals surface area contributed by atoms with Crippen LogP contribution in [0.25, 0.3) is 0 Å². The van der Waals surface area contributed by atoms with E-state index in [9.17, 15) is 0 Å². The third-order valence-corrected chi connectivity index (χ3v) is 2.92. The van der Waals surface area contributed by atoms with Crippen LogP contribution in [0.2, 0.25) is 0 Å². The molecule has 1 aromatic rings. The molecule has 1 aliphatic rings. The first-order valence-corrected chi connectivity index (χ1v) is 5.66. The van der Waals surface area contributed by atoms with E-state index < -0.39 is 0 Å². The summed E-state index contributed by atoms with van der Waals surface area (Å²) < 4.78 is 11.1. The standard InChI is InChI=1S/C12H19NO2/c1-9-5-6-11(15-9)8-13-10(2)12-4-3-7-14-12/h5-6,10,12-13H,3-4,7-8H2,1-2H3. The largest absolute Gasteiger partial charge is 0.465 e. The van der Waals surface area contributed by atoms with Crippen LogP contribution in [0.15, 0.2) is 16.5 Å². The number of ether oxygens (including phenoxy) is 1. The van der Waals surface area contributed by atoms with Crippen LogP contribution < -0.4 is 5.32 Å². The molecular formula is C12H19NO2. The molecule has 3 heteroatoms. The molecule has 0 spiro atoms. The fourth-order valence-electron chi connectivity index (χ4n) is 1.97. The summed E-state index contributed by atoms with van der Waals surface area (Å²) >= 11 is 0. The van der Waals surface area contributed by atoms with Gasteiger partial charge in [-0.3, -0.25) is 0 Å². The zero-order valence-corrected chi connectivity index (χ0v) is 9.45. The molecule has 0 bridgehead atoms. The first-order valence-electron chi connectivity index (χ1n) is 5.66. The monoisotopic (exact) mass is 209 g/mol. The molecule has 2 rings (SSSR count). The van der Waals surface area contributed by atoms with Crippen molar-refractivity contribution in [3.05, 3.63) is 23.7 Å². The minimum Gasteiger partial charge on any atom is -0.465 e. The molecule has 3 nitrogen and oxygen atoms in total. The first-order chi connectivity index (χ1) is 7.25. The van der Waals surface area contributed by atoms with Crippen LogP contribution in [0.1, 0.15) is 31.3 Å². The third kappa shape index (κ3) is 2.83. The van der Waals surface area contributed by atoms with E-state index in [1.165, 1.54) is 12.8 Å². The van der Waals surface area contributed by atoms with Gasteiger partial charge in [0.2, 0.25) is 0 Å². The van der Waals surface area contributed by atoms with Crippen molar-refractivity contribution in [2.45, 2.75) is 45.4 Å². The summed E-state index contributed by atoms with van der Waals surface area (Å²) in [4.78, 5) is 0. The Morgan fingerprint density at radius 1 is 1.53 bits per heavy atom. The highest BCUT2D eigenvalue weighted by Gasteiger charge is 2.21. The van der Waals surface area contributed by atoms with E-state index in [0.717, 1.165) is 24.7 Å². The molecule has 0 aromatic carbocycles. The molecule has 0 amide bonds. The molecule has 1 N–H and O–H groups in total. The minimum absolute atomic E-state index is 0.376. The molecule has 84 valence electrons. The Kier molecular flexibility index (Phi) is 3.44. The Morgan fingerprint density at radius 3 is 3.00 bits per heavy atom. The average Bonchev–Trinajstić information content (AvgIpc) is 2.84. The highest BCUT2D eigenvalue weighted by atomic mass is 16.5. The highest BCUT2D eigenvalue weighted by Crippen LogP contribution is 2.16. The van der Waals surface area contributed by atoms with Gasteiger partial charge in [-0.1, -0.05) is 0 Å². The second-order valence-corrected chi connectivity index (χ2v) is 4.23. The van der Waals surface area contributed by atoms with Crippen LogP contribution in [0.3, 0.4) is 0 Å². The van der Waals surface area contributed by atoms with E-state index in [0.29, 0.717) is 12.1 Å². The SMILES string of the molecule is Cc1ccc(CNC(C)C2CCCO2)o1. The van der Waals surface area contributed by atoms with E-state index in [2.05, 4.69) is 12.2 Å². The molecule has 1 fully saturated rings. The Hall–Kier alpha value is -0.800. The van der Waals surface area contributed by atoms with E-state index in [-0.39, 0.29) is 0 Å². The van der Waals surface area contributed by atoms with Gasteiger partial charge in [-0.2, -0.15) is 0 Å². The smallest absolute Gasteiger partial charge is 0.117 e. The molecule has 2 heterocycles. The molecule has 1 saturated heterocycles. The molecule has 0 saturated carbocycles. The fraction of sp³-hybridized carbons (Fsp3) is 0.667. The van der Waals surface area contributed by atoms with Crippen LogP contribution in [0.5, 0.6) is 0 Å². The van der Waals surface area contributed by atoms with E-state index in [4.69, 9.17) is 9.15 Å². The number of hydrogen-bond acceptors (Lipinski definition) is 3. The highest BCUT2D eigenvalue weighted by molar-refractivity contribution is 5.05. The average molecular weight is 209 g/mol. The van der Waals surface area contributed by atoms with Gasteiger partial charge in [-0.05, 0) is 38.8 Å². The molecule has 15 heavy (non-hydrogen) atoms.